The second-order valence-corrected chi connectivity index (χ2v) is 12.7. The number of hydrogen-bond donors (Lipinski definition) is 0. The van der Waals surface area contributed by atoms with Crippen molar-refractivity contribution in [3.05, 3.63) is 29.8 Å². The molecule has 0 bridgehead atoms. The molecule has 1 saturated carbocycles. The fraction of sp³-hybridized carbons (Fsp3) is 0.667. The molecule has 1 aromatic rings. The highest BCUT2D eigenvalue weighted by Crippen LogP contribution is 2.33. The van der Waals surface area contributed by atoms with Crippen LogP contribution in [0.25, 0.3) is 0 Å². The molecule has 166 valence electrons. The molecule has 1 aliphatic carbocycles. The van der Waals surface area contributed by atoms with Crippen molar-refractivity contribution in [2.75, 3.05) is 17.2 Å². The van der Waals surface area contributed by atoms with Gasteiger partial charge in [0, 0.05) is 31.0 Å². The molecule has 0 aromatic heterocycles. The summed E-state index contributed by atoms with van der Waals surface area (Å²) in [6.45, 7) is 6.03. The number of benzene rings is 1. The van der Waals surface area contributed by atoms with Crippen molar-refractivity contribution in [2.24, 2.45) is 11.8 Å². The van der Waals surface area contributed by atoms with Crippen LogP contribution in [0.3, 0.4) is 0 Å². The summed E-state index contributed by atoms with van der Waals surface area (Å²) in [6, 6.07) is 7.80. The number of nitrogens with zero attached hydrogens (tertiary/aromatic N) is 1. The van der Waals surface area contributed by atoms with Gasteiger partial charge >= 0.3 is 0 Å². The van der Waals surface area contributed by atoms with E-state index in [0.29, 0.717) is 12.8 Å². The first-order valence-electron chi connectivity index (χ1n) is 11.2. The molecule has 0 unspecified atom stereocenters. The smallest absolute Gasteiger partial charge is 0.226 e. The van der Waals surface area contributed by atoms with E-state index in [9.17, 15) is 18.0 Å². The van der Waals surface area contributed by atoms with Crippen LogP contribution in [0, 0.1) is 11.8 Å². The largest absolute Gasteiger partial charge is 0.312 e. The molecule has 0 N–H and O–H groups in total. The zero-order valence-corrected chi connectivity index (χ0v) is 19.3. The molecule has 0 radical (unpaired) electrons. The Morgan fingerprint density at radius 2 is 1.67 bits per heavy atom. The standard InChI is InChI=1S/C24H35NO4S/c1-24(2,3)30(28,29)17-19-7-11-20(12-8-19)22(26)16-18-9-13-21(14-10-18)25-15-5-4-6-23(25)27/h9-10,13-14,19-20H,4-8,11-12,15-17H2,1-3H3. The average molecular weight is 434 g/mol. The van der Waals surface area contributed by atoms with Gasteiger partial charge in [-0.1, -0.05) is 12.1 Å². The second kappa shape index (κ2) is 9.21. The lowest BCUT2D eigenvalue weighted by atomic mass is 9.79. The van der Waals surface area contributed by atoms with Crippen molar-refractivity contribution in [1.82, 2.24) is 0 Å². The Morgan fingerprint density at radius 1 is 1.03 bits per heavy atom. The normalized spacial score (nSPS) is 23.4. The summed E-state index contributed by atoms with van der Waals surface area (Å²) in [4.78, 5) is 26.7. The molecule has 1 saturated heterocycles. The van der Waals surface area contributed by atoms with Gasteiger partial charge in [-0.05, 0) is 82.9 Å². The predicted molar refractivity (Wildman–Crippen MR) is 120 cm³/mol. The molecule has 1 aliphatic heterocycles. The SMILES string of the molecule is CC(C)(C)S(=O)(=O)CC1CCC(C(=O)Cc2ccc(N3CCCCC3=O)cc2)CC1. The molecule has 3 rings (SSSR count). The molecule has 0 spiro atoms. The number of anilines is 1. The van der Waals surface area contributed by atoms with Crippen molar-refractivity contribution in [1.29, 1.82) is 0 Å². The van der Waals surface area contributed by atoms with Crippen LogP contribution in [-0.4, -0.2) is 37.2 Å². The lowest BCUT2D eigenvalue weighted by Crippen LogP contribution is -2.35. The van der Waals surface area contributed by atoms with E-state index in [4.69, 9.17) is 0 Å². The summed E-state index contributed by atoms with van der Waals surface area (Å²) in [5.74, 6) is 0.847. The third-order valence-corrected chi connectivity index (χ3v) is 9.42. The van der Waals surface area contributed by atoms with Crippen LogP contribution in [0.1, 0.15) is 71.3 Å². The maximum atomic E-state index is 12.8. The molecular weight excluding hydrogens is 398 g/mol. The molecular formula is C24H35NO4S. The Bertz CT molecular complexity index is 859. The maximum Gasteiger partial charge on any atom is 0.226 e. The van der Waals surface area contributed by atoms with Gasteiger partial charge in [0.05, 0.1) is 10.5 Å². The van der Waals surface area contributed by atoms with Crippen molar-refractivity contribution < 1.29 is 18.0 Å². The summed E-state index contributed by atoms with van der Waals surface area (Å²) >= 11 is 0. The minimum atomic E-state index is -3.11. The van der Waals surface area contributed by atoms with Gasteiger partial charge in [-0.15, -0.1) is 0 Å². The Labute approximate surface area is 181 Å². The lowest BCUT2D eigenvalue weighted by molar-refractivity contribution is -0.123. The van der Waals surface area contributed by atoms with Gasteiger partial charge < -0.3 is 4.90 Å². The van der Waals surface area contributed by atoms with E-state index in [1.54, 1.807) is 20.8 Å². The van der Waals surface area contributed by atoms with E-state index in [1.807, 2.05) is 29.2 Å². The van der Waals surface area contributed by atoms with Crippen LogP contribution in [0.4, 0.5) is 5.69 Å². The maximum absolute atomic E-state index is 12.8. The Hall–Kier alpha value is -1.69. The number of sulfone groups is 1. The summed E-state index contributed by atoms with van der Waals surface area (Å²) in [5.41, 5.74) is 1.89. The number of rotatable bonds is 6. The molecule has 0 atom stereocenters. The topological polar surface area (TPSA) is 71.5 Å². The van der Waals surface area contributed by atoms with E-state index in [1.165, 1.54) is 0 Å². The monoisotopic (exact) mass is 433 g/mol. The van der Waals surface area contributed by atoms with Crippen LogP contribution >= 0.6 is 0 Å². The first kappa shape index (κ1) is 23.0. The number of amides is 1. The molecule has 30 heavy (non-hydrogen) atoms. The van der Waals surface area contributed by atoms with Crippen molar-refractivity contribution in [3.63, 3.8) is 0 Å². The molecule has 1 amide bonds. The zero-order valence-electron chi connectivity index (χ0n) is 18.5. The van der Waals surface area contributed by atoms with Gasteiger partial charge in [-0.25, -0.2) is 8.42 Å². The third-order valence-electron chi connectivity index (χ3n) is 6.64. The van der Waals surface area contributed by atoms with Crippen LogP contribution < -0.4 is 4.90 Å². The van der Waals surface area contributed by atoms with Gasteiger partial charge in [0.15, 0.2) is 9.84 Å². The van der Waals surface area contributed by atoms with E-state index in [0.717, 1.165) is 56.3 Å². The summed E-state index contributed by atoms with van der Waals surface area (Å²) in [6.07, 6.45) is 6.19. The lowest BCUT2D eigenvalue weighted by Gasteiger charge is -2.30. The van der Waals surface area contributed by atoms with E-state index < -0.39 is 14.6 Å². The van der Waals surface area contributed by atoms with Gasteiger partial charge in [-0.3, -0.25) is 9.59 Å². The Morgan fingerprint density at radius 3 is 2.23 bits per heavy atom. The Balaban J connectivity index is 1.51. The average Bonchev–Trinajstić information content (AvgIpc) is 2.68. The zero-order chi connectivity index (χ0) is 21.9. The Kier molecular flexibility index (Phi) is 7.05. The van der Waals surface area contributed by atoms with Gasteiger partial charge in [0.2, 0.25) is 5.91 Å². The molecule has 2 aliphatic rings. The number of carbonyl (C=O) groups excluding carboxylic acids is 2. The highest BCUT2D eigenvalue weighted by atomic mass is 32.2. The van der Waals surface area contributed by atoms with Crippen molar-refractivity contribution in [2.45, 2.75) is 76.9 Å². The summed E-state index contributed by atoms with van der Waals surface area (Å²) in [5, 5.41) is 0. The molecule has 6 heteroatoms. The number of carbonyl (C=O) groups is 2. The summed E-state index contributed by atoms with van der Waals surface area (Å²) < 4.78 is 24.2. The molecule has 1 heterocycles. The third kappa shape index (κ3) is 5.51. The van der Waals surface area contributed by atoms with Crippen LogP contribution in [0.2, 0.25) is 0 Å². The van der Waals surface area contributed by atoms with Gasteiger partial charge in [0.25, 0.3) is 0 Å². The fourth-order valence-corrected chi connectivity index (χ4v) is 5.88. The minimum Gasteiger partial charge on any atom is -0.312 e. The van der Waals surface area contributed by atoms with E-state index >= 15 is 0 Å². The summed E-state index contributed by atoms with van der Waals surface area (Å²) in [7, 11) is -3.11. The van der Waals surface area contributed by atoms with Gasteiger partial charge in [-0.2, -0.15) is 0 Å². The predicted octanol–water partition coefficient (Wildman–Crippen LogP) is 4.33. The quantitative estimate of drug-likeness (QED) is 0.669. The van der Waals surface area contributed by atoms with Crippen molar-refractivity contribution >= 4 is 27.2 Å². The van der Waals surface area contributed by atoms with E-state index in [2.05, 4.69) is 0 Å². The number of ketones is 1. The number of hydrogen-bond acceptors (Lipinski definition) is 4. The first-order valence-corrected chi connectivity index (χ1v) is 12.9. The number of Topliss-reactive ketones (excluding diaryl/α,β-unsaturated/α-hetero) is 1. The van der Waals surface area contributed by atoms with Crippen LogP contribution in [-0.2, 0) is 25.8 Å². The van der Waals surface area contributed by atoms with E-state index in [-0.39, 0.29) is 29.3 Å². The number of piperidine rings is 1. The minimum absolute atomic E-state index is 0.0296. The molecule has 1 aromatic carbocycles. The van der Waals surface area contributed by atoms with Crippen LogP contribution in [0.15, 0.2) is 24.3 Å². The van der Waals surface area contributed by atoms with Gasteiger partial charge in [0.1, 0.15) is 5.78 Å². The fourth-order valence-electron chi connectivity index (χ4n) is 4.43. The molecule has 2 fully saturated rings. The van der Waals surface area contributed by atoms with Crippen LogP contribution in [0.5, 0.6) is 0 Å². The second-order valence-electron chi connectivity index (χ2n) is 9.92. The van der Waals surface area contributed by atoms with Crippen molar-refractivity contribution in [3.8, 4) is 0 Å². The first-order chi connectivity index (χ1) is 14.1. The molecule has 5 nitrogen and oxygen atoms in total. The highest BCUT2D eigenvalue weighted by Gasteiger charge is 2.34. The highest BCUT2D eigenvalue weighted by molar-refractivity contribution is 7.92.